The number of allylic oxidation sites excluding steroid dienone is 1. The number of ketones is 1. The Balaban J connectivity index is 1.32. The number of phenols is 1. The maximum atomic E-state index is 13.2. The lowest BCUT2D eigenvalue weighted by Crippen LogP contribution is -2.45. The molecule has 0 amide bonds. The van der Waals surface area contributed by atoms with Crippen molar-refractivity contribution in [1.82, 2.24) is 9.80 Å². The van der Waals surface area contributed by atoms with E-state index in [4.69, 9.17) is 4.74 Å². The minimum Gasteiger partial charge on any atom is -0.507 e. The lowest BCUT2D eigenvalue weighted by molar-refractivity contribution is 0.101. The highest BCUT2D eigenvalue weighted by Gasteiger charge is 2.34. The topological polar surface area (TPSA) is 53.0 Å². The molecule has 0 radical (unpaired) electrons. The van der Waals surface area contributed by atoms with Crippen LogP contribution in [-0.4, -0.2) is 46.9 Å². The number of nitrogens with zero attached hydrogens (tertiary/aromatic N) is 2. The maximum absolute atomic E-state index is 13.2. The van der Waals surface area contributed by atoms with Gasteiger partial charge in [0.05, 0.1) is 11.1 Å². The molecule has 0 saturated carbocycles. The summed E-state index contributed by atoms with van der Waals surface area (Å²) in [4.78, 5) is 17.9. The van der Waals surface area contributed by atoms with Crippen molar-refractivity contribution in [2.75, 3.05) is 26.2 Å². The number of aromatic hydroxyl groups is 1. The van der Waals surface area contributed by atoms with Crippen LogP contribution in [0.3, 0.4) is 0 Å². The third-order valence-corrected chi connectivity index (χ3v) is 6.96. The average Bonchev–Trinajstić information content (AvgIpc) is 3.14. The molecule has 0 aromatic heterocycles. The van der Waals surface area contributed by atoms with Gasteiger partial charge in [0.1, 0.15) is 11.5 Å². The van der Waals surface area contributed by atoms with E-state index in [1.165, 1.54) is 5.56 Å². The summed E-state index contributed by atoms with van der Waals surface area (Å²) in [5.74, 6) is 0.826. The molecule has 1 fully saturated rings. The molecule has 5 rings (SSSR count). The minimum atomic E-state index is -0.138. The molecule has 5 nitrogen and oxygen atoms in total. The van der Waals surface area contributed by atoms with Gasteiger partial charge in [-0.2, -0.15) is 0 Å². The first kappa shape index (κ1) is 22.8. The number of carbonyl (C=O) groups excluding carboxylic acids is 1. The average molecular weight is 519 g/mol. The minimum absolute atomic E-state index is 0.138. The molecule has 1 N–H and O–H groups in total. The number of benzene rings is 3. The standard InChI is InChI=1S/C28H27BrN2O3/c1-19-14-24(32)23(18-31-12-10-30(11-13-31)17-20-6-3-2-4-7-20)28-26(19)27(33)25(34-28)16-21-8-5-9-22(29)15-21/h2-9,14-16,32H,10-13,17-18H2,1H3/b25-16-. The van der Waals surface area contributed by atoms with Crippen LogP contribution in [0, 0.1) is 6.92 Å². The lowest BCUT2D eigenvalue weighted by Gasteiger charge is -2.35. The molecule has 1 saturated heterocycles. The van der Waals surface area contributed by atoms with Crippen molar-refractivity contribution in [2.45, 2.75) is 20.0 Å². The number of fused-ring (bicyclic) bond motifs is 1. The zero-order valence-corrected chi connectivity index (χ0v) is 20.7. The quantitative estimate of drug-likeness (QED) is 0.458. The molecular formula is C28H27BrN2O3. The summed E-state index contributed by atoms with van der Waals surface area (Å²) in [6.45, 7) is 7.03. The van der Waals surface area contributed by atoms with Gasteiger partial charge in [0.25, 0.3) is 0 Å². The molecule has 0 atom stereocenters. The van der Waals surface area contributed by atoms with Crippen molar-refractivity contribution < 1.29 is 14.6 Å². The van der Waals surface area contributed by atoms with Crippen LogP contribution in [0.25, 0.3) is 6.08 Å². The van der Waals surface area contributed by atoms with Crippen LogP contribution in [0.5, 0.6) is 11.5 Å². The summed E-state index contributed by atoms with van der Waals surface area (Å²) < 4.78 is 7.03. The number of hydrogen-bond donors (Lipinski definition) is 1. The largest absolute Gasteiger partial charge is 0.507 e. The highest BCUT2D eigenvalue weighted by molar-refractivity contribution is 9.10. The summed E-state index contributed by atoms with van der Waals surface area (Å²) >= 11 is 3.47. The predicted molar refractivity (Wildman–Crippen MR) is 137 cm³/mol. The van der Waals surface area contributed by atoms with E-state index in [1.54, 1.807) is 12.1 Å². The van der Waals surface area contributed by atoms with Crippen LogP contribution in [0.15, 0.2) is 70.9 Å². The van der Waals surface area contributed by atoms with Crippen LogP contribution in [-0.2, 0) is 13.1 Å². The predicted octanol–water partition coefficient (Wildman–Crippen LogP) is 5.40. The zero-order chi connectivity index (χ0) is 23.7. The fourth-order valence-corrected chi connectivity index (χ4v) is 5.07. The normalized spacial score (nSPS) is 17.7. The number of phenolic OH excluding ortho intramolecular Hbond substituents is 1. The van der Waals surface area contributed by atoms with E-state index < -0.39 is 0 Å². The van der Waals surface area contributed by atoms with Gasteiger partial charge in [0, 0.05) is 43.7 Å². The summed E-state index contributed by atoms with van der Waals surface area (Å²) in [6, 6.07) is 19.9. The highest BCUT2D eigenvalue weighted by atomic mass is 79.9. The van der Waals surface area contributed by atoms with Crippen LogP contribution in [0.2, 0.25) is 0 Å². The Hall–Kier alpha value is -2.93. The van der Waals surface area contributed by atoms with Gasteiger partial charge in [-0.25, -0.2) is 0 Å². The first-order valence-electron chi connectivity index (χ1n) is 11.5. The maximum Gasteiger partial charge on any atom is 0.232 e. The molecule has 2 heterocycles. The Labute approximate surface area is 208 Å². The Kier molecular flexibility index (Phi) is 6.55. The van der Waals surface area contributed by atoms with Crippen LogP contribution in [0.4, 0.5) is 0 Å². The van der Waals surface area contributed by atoms with Crippen molar-refractivity contribution >= 4 is 27.8 Å². The SMILES string of the molecule is Cc1cc(O)c(CN2CCN(Cc3ccccc3)CC2)c2c1C(=O)/C(=C/c1cccc(Br)c1)O2. The molecule has 3 aromatic carbocycles. The number of Topliss-reactive ketones (excluding diaryl/α,β-unsaturated/α-hetero) is 1. The second kappa shape index (κ2) is 9.74. The third-order valence-electron chi connectivity index (χ3n) is 6.46. The molecule has 34 heavy (non-hydrogen) atoms. The molecule has 174 valence electrons. The molecule has 2 aliphatic heterocycles. The number of rotatable bonds is 5. The van der Waals surface area contributed by atoms with Crippen LogP contribution < -0.4 is 4.74 Å². The highest BCUT2D eigenvalue weighted by Crippen LogP contribution is 2.42. The van der Waals surface area contributed by atoms with E-state index in [9.17, 15) is 9.90 Å². The van der Waals surface area contributed by atoms with Gasteiger partial charge in [0.15, 0.2) is 5.76 Å². The van der Waals surface area contributed by atoms with Crippen molar-refractivity contribution in [3.63, 3.8) is 0 Å². The van der Waals surface area contributed by atoms with Crippen molar-refractivity contribution in [3.05, 3.63) is 98.7 Å². The fraction of sp³-hybridized carbons (Fsp3) is 0.250. The van der Waals surface area contributed by atoms with E-state index >= 15 is 0 Å². The summed E-state index contributed by atoms with van der Waals surface area (Å²) in [5, 5.41) is 10.8. The van der Waals surface area contributed by atoms with Gasteiger partial charge < -0.3 is 9.84 Å². The van der Waals surface area contributed by atoms with Gasteiger partial charge in [-0.3, -0.25) is 14.6 Å². The number of carbonyl (C=O) groups is 1. The Morgan fingerprint density at radius 2 is 1.68 bits per heavy atom. The molecule has 6 heteroatoms. The Morgan fingerprint density at radius 1 is 0.971 bits per heavy atom. The Bertz CT molecular complexity index is 1250. The molecule has 0 aliphatic carbocycles. The summed E-state index contributed by atoms with van der Waals surface area (Å²) in [6.07, 6.45) is 1.76. The number of piperazine rings is 1. The van der Waals surface area contributed by atoms with Crippen LogP contribution in [0.1, 0.15) is 32.6 Å². The van der Waals surface area contributed by atoms with Crippen LogP contribution >= 0.6 is 15.9 Å². The zero-order valence-electron chi connectivity index (χ0n) is 19.1. The summed E-state index contributed by atoms with van der Waals surface area (Å²) in [5.41, 5.74) is 4.16. The second-order valence-electron chi connectivity index (χ2n) is 8.93. The van der Waals surface area contributed by atoms with E-state index in [0.717, 1.165) is 48.3 Å². The van der Waals surface area contributed by atoms with E-state index in [0.29, 0.717) is 23.4 Å². The van der Waals surface area contributed by atoms with Gasteiger partial charge >= 0.3 is 0 Å². The molecule has 0 unspecified atom stereocenters. The first-order chi connectivity index (χ1) is 16.5. The molecular weight excluding hydrogens is 492 g/mol. The van der Waals surface area contributed by atoms with E-state index in [2.05, 4.69) is 50.0 Å². The van der Waals surface area contributed by atoms with Gasteiger partial charge in [0.2, 0.25) is 5.78 Å². The molecule has 3 aromatic rings. The van der Waals surface area contributed by atoms with Crippen molar-refractivity contribution in [3.8, 4) is 11.5 Å². The number of hydrogen-bond acceptors (Lipinski definition) is 5. The van der Waals surface area contributed by atoms with Crippen molar-refractivity contribution in [2.24, 2.45) is 0 Å². The van der Waals surface area contributed by atoms with E-state index in [-0.39, 0.29) is 17.3 Å². The Morgan fingerprint density at radius 3 is 2.38 bits per heavy atom. The number of ether oxygens (including phenoxy) is 1. The van der Waals surface area contributed by atoms with Gasteiger partial charge in [-0.15, -0.1) is 0 Å². The monoisotopic (exact) mass is 518 g/mol. The van der Waals surface area contributed by atoms with E-state index in [1.807, 2.05) is 37.3 Å². The lowest BCUT2D eigenvalue weighted by atomic mass is 9.99. The molecule has 2 aliphatic rings. The third kappa shape index (κ3) is 4.80. The molecule has 0 spiro atoms. The van der Waals surface area contributed by atoms with Crippen molar-refractivity contribution in [1.29, 1.82) is 0 Å². The smallest absolute Gasteiger partial charge is 0.232 e. The van der Waals surface area contributed by atoms with Gasteiger partial charge in [-0.1, -0.05) is 58.4 Å². The first-order valence-corrected chi connectivity index (χ1v) is 12.3. The fourth-order valence-electron chi connectivity index (χ4n) is 4.65. The number of halogens is 1. The van der Waals surface area contributed by atoms with Gasteiger partial charge in [-0.05, 0) is 47.9 Å². The second-order valence-corrected chi connectivity index (χ2v) is 9.84. The summed E-state index contributed by atoms with van der Waals surface area (Å²) in [7, 11) is 0. The number of aryl methyl sites for hydroxylation is 1. The molecule has 0 bridgehead atoms.